The molecule has 144 valence electrons. The van der Waals surface area contributed by atoms with Crippen molar-refractivity contribution in [3.63, 3.8) is 0 Å². The van der Waals surface area contributed by atoms with Crippen molar-refractivity contribution >= 4 is 12.0 Å². The van der Waals surface area contributed by atoms with E-state index >= 15 is 0 Å². The summed E-state index contributed by atoms with van der Waals surface area (Å²) in [6.07, 6.45) is 10.7. The van der Waals surface area contributed by atoms with Gasteiger partial charge in [0.2, 0.25) is 5.95 Å². The first kappa shape index (κ1) is 18.9. The molecule has 1 aliphatic carbocycles. The molecule has 1 saturated heterocycles. The summed E-state index contributed by atoms with van der Waals surface area (Å²) in [4.78, 5) is 27.5. The predicted molar refractivity (Wildman–Crippen MR) is 103 cm³/mol. The fraction of sp³-hybridized carbons (Fsp3) is 0.737. The van der Waals surface area contributed by atoms with Gasteiger partial charge >= 0.3 is 6.03 Å². The average molecular weight is 361 g/mol. The lowest BCUT2D eigenvalue weighted by atomic mass is 9.95. The Kier molecular flexibility index (Phi) is 7.05. The highest BCUT2D eigenvalue weighted by Gasteiger charge is 2.22. The second-order valence-corrected chi connectivity index (χ2v) is 7.37. The van der Waals surface area contributed by atoms with E-state index in [0.29, 0.717) is 6.04 Å². The number of carbonyl (C=O) groups is 1. The number of rotatable bonds is 6. The van der Waals surface area contributed by atoms with Crippen LogP contribution >= 0.6 is 0 Å². The third-order valence-corrected chi connectivity index (χ3v) is 5.58. The molecule has 2 fully saturated rings. The van der Waals surface area contributed by atoms with E-state index in [1.165, 1.54) is 19.3 Å². The molecule has 2 aliphatic rings. The van der Waals surface area contributed by atoms with Crippen LogP contribution in [0, 0.1) is 0 Å². The first-order chi connectivity index (χ1) is 12.7. The van der Waals surface area contributed by atoms with Gasteiger partial charge in [-0.15, -0.1) is 0 Å². The largest absolute Gasteiger partial charge is 0.338 e. The van der Waals surface area contributed by atoms with Crippen molar-refractivity contribution in [1.82, 2.24) is 25.1 Å². The minimum absolute atomic E-state index is 0.0861. The van der Waals surface area contributed by atoms with Gasteiger partial charge in [-0.2, -0.15) is 0 Å². The standard InChI is InChI=1S/C19H32N6O/c1-23(17-7-3-2-4-8-17)19(26)22-11-6-12-24-13-15-25(16-14-24)18-20-9-5-10-21-18/h5,9-10,17H,2-4,6-8,11-16H2,1H3,(H,22,26). The first-order valence-electron chi connectivity index (χ1n) is 9.99. The maximum absolute atomic E-state index is 12.3. The number of carbonyl (C=O) groups excluding carboxylic acids is 1. The van der Waals surface area contributed by atoms with Gasteiger partial charge < -0.3 is 15.1 Å². The minimum Gasteiger partial charge on any atom is -0.338 e. The van der Waals surface area contributed by atoms with Crippen molar-refractivity contribution in [2.45, 2.75) is 44.6 Å². The highest BCUT2D eigenvalue weighted by molar-refractivity contribution is 5.74. The van der Waals surface area contributed by atoms with Crippen LogP contribution in [0.4, 0.5) is 10.7 Å². The van der Waals surface area contributed by atoms with Crippen LogP contribution in [0.1, 0.15) is 38.5 Å². The fourth-order valence-electron chi connectivity index (χ4n) is 3.88. The van der Waals surface area contributed by atoms with Gasteiger partial charge in [0.25, 0.3) is 0 Å². The molecule has 1 N–H and O–H groups in total. The van der Waals surface area contributed by atoms with Crippen LogP contribution in [-0.2, 0) is 0 Å². The van der Waals surface area contributed by atoms with Crippen molar-refractivity contribution in [3.05, 3.63) is 18.5 Å². The Balaban J connectivity index is 1.29. The van der Waals surface area contributed by atoms with E-state index in [0.717, 1.165) is 64.5 Å². The van der Waals surface area contributed by atoms with Crippen LogP contribution in [0.2, 0.25) is 0 Å². The number of aromatic nitrogens is 2. The Bertz CT molecular complexity index is 540. The van der Waals surface area contributed by atoms with Crippen LogP contribution in [-0.4, -0.2) is 78.2 Å². The summed E-state index contributed by atoms with van der Waals surface area (Å²) in [5, 5.41) is 3.08. The molecule has 1 aliphatic heterocycles. The molecule has 7 heteroatoms. The normalized spacial score (nSPS) is 19.3. The van der Waals surface area contributed by atoms with Crippen molar-refractivity contribution in [2.24, 2.45) is 0 Å². The van der Waals surface area contributed by atoms with Crippen LogP contribution in [0.3, 0.4) is 0 Å². The number of urea groups is 1. The Morgan fingerprint density at radius 3 is 2.54 bits per heavy atom. The summed E-state index contributed by atoms with van der Waals surface area (Å²) in [5.41, 5.74) is 0. The summed E-state index contributed by atoms with van der Waals surface area (Å²) in [7, 11) is 1.94. The van der Waals surface area contributed by atoms with E-state index in [1.807, 2.05) is 18.0 Å². The third-order valence-electron chi connectivity index (χ3n) is 5.58. The monoisotopic (exact) mass is 360 g/mol. The Labute approximate surface area is 156 Å². The molecule has 1 aromatic rings. The quantitative estimate of drug-likeness (QED) is 0.786. The van der Waals surface area contributed by atoms with Gasteiger partial charge in [0.1, 0.15) is 0 Å². The van der Waals surface area contributed by atoms with Crippen molar-refractivity contribution in [2.75, 3.05) is 51.2 Å². The van der Waals surface area contributed by atoms with Gasteiger partial charge in [-0.25, -0.2) is 14.8 Å². The van der Waals surface area contributed by atoms with Gasteiger partial charge in [-0.05, 0) is 31.9 Å². The zero-order valence-corrected chi connectivity index (χ0v) is 15.9. The molecule has 26 heavy (non-hydrogen) atoms. The van der Waals surface area contributed by atoms with E-state index in [4.69, 9.17) is 0 Å². The molecule has 1 aromatic heterocycles. The zero-order valence-electron chi connectivity index (χ0n) is 15.9. The summed E-state index contributed by atoms with van der Waals surface area (Å²) in [5.74, 6) is 0.824. The highest BCUT2D eigenvalue weighted by atomic mass is 16.2. The number of hydrogen-bond donors (Lipinski definition) is 1. The fourth-order valence-corrected chi connectivity index (χ4v) is 3.88. The van der Waals surface area contributed by atoms with Gasteiger partial charge in [-0.3, -0.25) is 4.90 Å². The molecule has 0 radical (unpaired) electrons. The molecule has 3 rings (SSSR count). The molecule has 7 nitrogen and oxygen atoms in total. The number of nitrogens with zero attached hydrogens (tertiary/aromatic N) is 5. The summed E-state index contributed by atoms with van der Waals surface area (Å²) < 4.78 is 0. The molecule has 2 heterocycles. The molecule has 1 saturated carbocycles. The van der Waals surface area contributed by atoms with E-state index in [-0.39, 0.29) is 6.03 Å². The maximum Gasteiger partial charge on any atom is 0.317 e. The minimum atomic E-state index is 0.0861. The van der Waals surface area contributed by atoms with Crippen molar-refractivity contribution in [3.8, 4) is 0 Å². The Hall–Kier alpha value is -1.89. The Morgan fingerprint density at radius 1 is 1.15 bits per heavy atom. The Morgan fingerprint density at radius 2 is 1.85 bits per heavy atom. The summed E-state index contributed by atoms with van der Waals surface area (Å²) in [6, 6.07) is 2.36. The lowest BCUT2D eigenvalue weighted by Gasteiger charge is -2.34. The molecular weight excluding hydrogens is 328 g/mol. The van der Waals surface area contributed by atoms with Crippen molar-refractivity contribution < 1.29 is 4.79 Å². The predicted octanol–water partition coefficient (Wildman–Crippen LogP) is 1.96. The number of piperazine rings is 1. The van der Waals surface area contributed by atoms with E-state index < -0.39 is 0 Å². The van der Waals surface area contributed by atoms with E-state index in [9.17, 15) is 4.79 Å². The molecule has 0 spiro atoms. The topological polar surface area (TPSA) is 64.6 Å². The number of hydrogen-bond acceptors (Lipinski definition) is 5. The van der Waals surface area contributed by atoms with Crippen LogP contribution in [0.15, 0.2) is 18.5 Å². The molecular formula is C19H32N6O. The number of amides is 2. The van der Waals surface area contributed by atoms with Gasteiger partial charge in [0.05, 0.1) is 0 Å². The zero-order chi connectivity index (χ0) is 18.2. The molecule has 0 aromatic carbocycles. The number of nitrogens with one attached hydrogen (secondary N) is 1. The SMILES string of the molecule is CN(C(=O)NCCCN1CCN(c2ncccn2)CC1)C1CCCCC1. The smallest absolute Gasteiger partial charge is 0.317 e. The molecule has 0 unspecified atom stereocenters. The lowest BCUT2D eigenvalue weighted by molar-refractivity contribution is 0.172. The maximum atomic E-state index is 12.3. The summed E-state index contributed by atoms with van der Waals surface area (Å²) >= 11 is 0. The number of anilines is 1. The van der Waals surface area contributed by atoms with E-state index in [2.05, 4.69) is 25.1 Å². The second-order valence-electron chi connectivity index (χ2n) is 7.37. The third kappa shape index (κ3) is 5.30. The second kappa shape index (κ2) is 9.71. The van der Waals surface area contributed by atoms with Crippen LogP contribution in [0.5, 0.6) is 0 Å². The van der Waals surface area contributed by atoms with Gasteiger partial charge in [0.15, 0.2) is 0 Å². The van der Waals surface area contributed by atoms with Crippen molar-refractivity contribution in [1.29, 1.82) is 0 Å². The highest BCUT2D eigenvalue weighted by Crippen LogP contribution is 2.21. The van der Waals surface area contributed by atoms with Gasteiger partial charge in [0, 0.05) is 58.2 Å². The van der Waals surface area contributed by atoms with Gasteiger partial charge in [-0.1, -0.05) is 19.3 Å². The average Bonchev–Trinajstić information content (AvgIpc) is 2.72. The van der Waals surface area contributed by atoms with Crippen LogP contribution in [0.25, 0.3) is 0 Å². The summed E-state index contributed by atoms with van der Waals surface area (Å²) in [6.45, 7) is 5.73. The molecule has 0 bridgehead atoms. The van der Waals surface area contributed by atoms with Crippen LogP contribution < -0.4 is 10.2 Å². The van der Waals surface area contributed by atoms with E-state index in [1.54, 1.807) is 12.4 Å². The molecule has 2 amide bonds. The lowest BCUT2D eigenvalue weighted by Crippen LogP contribution is -2.48. The first-order valence-corrected chi connectivity index (χ1v) is 9.99. The molecule has 0 atom stereocenters.